The number of unbranched alkanes of at least 4 members (excludes halogenated alkanes) is 4. The Hall–Kier alpha value is -1.71. The van der Waals surface area contributed by atoms with Gasteiger partial charge in [0, 0.05) is 0 Å². The quantitative estimate of drug-likeness (QED) is 0.444. The minimum Gasteiger partial charge on any atom is -0.491 e. The Kier molecular flexibility index (Phi) is 6.79. The van der Waals surface area contributed by atoms with Gasteiger partial charge in [0.25, 0.3) is 0 Å². The highest BCUT2D eigenvalue weighted by Crippen LogP contribution is 2.23. The fraction of sp³-hybridized carbons (Fsp3) is 0.533. The maximum Gasteiger partial charge on any atom is 0.337 e. The predicted octanol–water partition coefficient (Wildman–Crippen LogP) is 3.40. The molecule has 106 valence electrons. The SMILES string of the molecule is CCCCCCCOc1ccc(C(=O)OC)cc1N. The number of hydrogen-bond donors (Lipinski definition) is 1. The molecular formula is C15H23NO3. The summed E-state index contributed by atoms with van der Waals surface area (Å²) >= 11 is 0. The summed E-state index contributed by atoms with van der Waals surface area (Å²) in [7, 11) is 1.35. The Balaban J connectivity index is 2.40. The zero-order valence-electron chi connectivity index (χ0n) is 11.8. The zero-order valence-corrected chi connectivity index (χ0v) is 11.8. The van der Waals surface area contributed by atoms with E-state index in [4.69, 9.17) is 10.5 Å². The van der Waals surface area contributed by atoms with Crippen LogP contribution in [-0.2, 0) is 4.74 Å². The third kappa shape index (κ3) is 5.20. The van der Waals surface area contributed by atoms with Gasteiger partial charge in [-0.3, -0.25) is 0 Å². The molecule has 0 saturated carbocycles. The third-order valence-electron chi connectivity index (χ3n) is 2.94. The Labute approximate surface area is 114 Å². The van der Waals surface area contributed by atoms with Crippen molar-refractivity contribution in [3.05, 3.63) is 23.8 Å². The summed E-state index contributed by atoms with van der Waals surface area (Å²) < 4.78 is 10.2. The Bertz CT molecular complexity index is 404. The van der Waals surface area contributed by atoms with Crippen molar-refractivity contribution >= 4 is 11.7 Å². The van der Waals surface area contributed by atoms with E-state index in [1.807, 2.05) is 0 Å². The number of anilines is 1. The summed E-state index contributed by atoms with van der Waals surface area (Å²) in [5.74, 6) is 0.237. The molecule has 0 aliphatic heterocycles. The van der Waals surface area contributed by atoms with Gasteiger partial charge in [-0.1, -0.05) is 32.6 Å². The van der Waals surface area contributed by atoms with Crippen LogP contribution < -0.4 is 10.5 Å². The molecular weight excluding hydrogens is 242 g/mol. The Morgan fingerprint density at radius 3 is 2.58 bits per heavy atom. The molecule has 4 nitrogen and oxygen atoms in total. The van der Waals surface area contributed by atoms with Crippen LogP contribution in [0.3, 0.4) is 0 Å². The van der Waals surface area contributed by atoms with Crippen LogP contribution in [-0.4, -0.2) is 19.7 Å². The highest BCUT2D eigenvalue weighted by atomic mass is 16.5. The standard InChI is InChI=1S/C15H23NO3/c1-3-4-5-6-7-10-19-14-9-8-12(11-13(14)16)15(17)18-2/h8-9,11H,3-7,10,16H2,1-2H3. The lowest BCUT2D eigenvalue weighted by atomic mass is 10.1. The highest BCUT2D eigenvalue weighted by Gasteiger charge is 2.08. The molecule has 0 fully saturated rings. The number of nitrogens with two attached hydrogens (primary N) is 1. The number of carbonyl (C=O) groups is 1. The van der Waals surface area contributed by atoms with Crippen LogP contribution in [0.1, 0.15) is 49.4 Å². The van der Waals surface area contributed by atoms with Crippen molar-refractivity contribution in [2.45, 2.75) is 39.0 Å². The Morgan fingerprint density at radius 1 is 1.21 bits per heavy atom. The molecule has 0 aliphatic rings. The smallest absolute Gasteiger partial charge is 0.337 e. The number of benzene rings is 1. The monoisotopic (exact) mass is 265 g/mol. The molecule has 0 saturated heterocycles. The van der Waals surface area contributed by atoms with E-state index < -0.39 is 5.97 Å². The van der Waals surface area contributed by atoms with E-state index in [2.05, 4.69) is 11.7 Å². The molecule has 0 radical (unpaired) electrons. The fourth-order valence-corrected chi connectivity index (χ4v) is 1.81. The van der Waals surface area contributed by atoms with E-state index in [0.29, 0.717) is 23.6 Å². The number of esters is 1. The second-order valence-electron chi connectivity index (χ2n) is 4.51. The van der Waals surface area contributed by atoms with Gasteiger partial charge in [0.1, 0.15) is 5.75 Å². The number of rotatable bonds is 8. The van der Waals surface area contributed by atoms with Gasteiger partial charge in [0.05, 0.1) is 25.0 Å². The molecule has 0 bridgehead atoms. The second kappa shape index (κ2) is 8.40. The maximum absolute atomic E-state index is 11.3. The normalized spacial score (nSPS) is 10.2. The molecule has 2 N–H and O–H groups in total. The van der Waals surface area contributed by atoms with Crippen LogP contribution in [0.15, 0.2) is 18.2 Å². The van der Waals surface area contributed by atoms with Crippen LogP contribution in [0.5, 0.6) is 5.75 Å². The van der Waals surface area contributed by atoms with Crippen LogP contribution in [0.2, 0.25) is 0 Å². The molecule has 19 heavy (non-hydrogen) atoms. The van der Waals surface area contributed by atoms with E-state index in [-0.39, 0.29) is 0 Å². The third-order valence-corrected chi connectivity index (χ3v) is 2.94. The first-order valence-electron chi connectivity index (χ1n) is 6.79. The molecule has 1 rings (SSSR count). The summed E-state index contributed by atoms with van der Waals surface area (Å²) in [6.07, 6.45) is 5.96. The minimum absolute atomic E-state index is 0.391. The van der Waals surface area contributed by atoms with Crippen LogP contribution in [0.4, 0.5) is 5.69 Å². The number of carbonyl (C=O) groups excluding carboxylic acids is 1. The van der Waals surface area contributed by atoms with Gasteiger partial charge in [0.15, 0.2) is 0 Å². The van der Waals surface area contributed by atoms with Crippen molar-refractivity contribution in [2.75, 3.05) is 19.5 Å². The van der Waals surface area contributed by atoms with E-state index in [1.165, 1.54) is 32.8 Å². The average molecular weight is 265 g/mol. The number of ether oxygens (including phenoxy) is 2. The lowest BCUT2D eigenvalue weighted by molar-refractivity contribution is 0.0601. The van der Waals surface area contributed by atoms with Crippen LogP contribution in [0.25, 0.3) is 0 Å². The van der Waals surface area contributed by atoms with E-state index in [9.17, 15) is 4.79 Å². The van der Waals surface area contributed by atoms with Gasteiger partial charge in [0.2, 0.25) is 0 Å². The number of hydrogen-bond acceptors (Lipinski definition) is 4. The predicted molar refractivity (Wildman–Crippen MR) is 76.4 cm³/mol. The zero-order chi connectivity index (χ0) is 14.1. The first-order chi connectivity index (χ1) is 9.19. The molecule has 0 spiro atoms. The van der Waals surface area contributed by atoms with Gasteiger partial charge < -0.3 is 15.2 Å². The molecule has 0 aliphatic carbocycles. The molecule has 4 heteroatoms. The number of nitrogen functional groups attached to an aromatic ring is 1. The van der Waals surface area contributed by atoms with Crippen molar-refractivity contribution in [1.29, 1.82) is 0 Å². The van der Waals surface area contributed by atoms with Gasteiger partial charge in [-0.2, -0.15) is 0 Å². The molecule has 1 aromatic carbocycles. The first kappa shape index (κ1) is 15.3. The van der Waals surface area contributed by atoms with E-state index in [1.54, 1.807) is 18.2 Å². The molecule has 0 amide bonds. The summed E-state index contributed by atoms with van der Waals surface area (Å²) in [5.41, 5.74) is 6.75. The first-order valence-corrected chi connectivity index (χ1v) is 6.79. The second-order valence-corrected chi connectivity index (χ2v) is 4.51. The molecule has 0 unspecified atom stereocenters. The summed E-state index contributed by atoms with van der Waals surface area (Å²) in [6.45, 7) is 2.85. The van der Waals surface area contributed by atoms with Crippen molar-refractivity contribution < 1.29 is 14.3 Å². The van der Waals surface area contributed by atoms with Gasteiger partial charge in [-0.05, 0) is 24.6 Å². The molecule has 0 aromatic heterocycles. The molecule has 0 atom stereocenters. The van der Waals surface area contributed by atoms with Crippen molar-refractivity contribution in [3.63, 3.8) is 0 Å². The summed E-state index contributed by atoms with van der Waals surface area (Å²) in [6, 6.07) is 4.96. The highest BCUT2D eigenvalue weighted by molar-refractivity contribution is 5.90. The summed E-state index contributed by atoms with van der Waals surface area (Å²) in [4.78, 5) is 11.3. The van der Waals surface area contributed by atoms with Crippen LogP contribution in [0, 0.1) is 0 Å². The van der Waals surface area contributed by atoms with Crippen molar-refractivity contribution in [3.8, 4) is 5.75 Å². The molecule has 1 aromatic rings. The Morgan fingerprint density at radius 2 is 1.95 bits per heavy atom. The minimum atomic E-state index is -0.391. The van der Waals surface area contributed by atoms with Gasteiger partial charge in [-0.15, -0.1) is 0 Å². The lowest BCUT2D eigenvalue weighted by Crippen LogP contribution is -2.04. The van der Waals surface area contributed by atoms with Crippen molar-refractivity contribution in [1.82, 2.24) is 0 Å². The van der Waals surface area contributed by atoms with E-state index >= 15 is 0 Å². The van der Waals surface area contributed by atoms with Crippen LogP contribution >= 0.6 is 0 Å². The topological polar surface area (TPSA) is 61.5 Å². The fourth-order valence-electron chi connectivity index (χ4n) is 1.81. The van der Waals surface area contributed by atoms with Gasteiger partial charge >= 0.3 is 5.97 Å². The van der Waals surface area contributed by atoms with Crippen molar-refractivity contribution in [2.24, 2.45) is 0 Å². The largest absolute Gasteiger partial charge is 0.491 e. The average Bonchev–Trinajstić information content (AvgIpc) is 2.43. The number of methoxy groups -OCH3 is 1. The summed E-state index contributed by atoms with van der Waals surface area (Å²) in [5, 5.41) is 0. The maximum atomic E-state index is 11.3. The lowest BCUT2D eigenvalue weighted by Gasteiger charge is -2.09. The van der Waals surface area contributed by atoms with E-state index in [0.717, 1.165) is 6.42 Å². The van der Waals surface area contributed by atoms with Gasteiger partial charge in [-0.25, -0.2) is 4.79 Å². The molecule has 0 heterocycles.